The summed E-state index contributed by atoms with van der Waals surface area (Å²) in [6, 6.07) is 9.29. The van der Waals surface area contributed by atoms with Crippen molar-refractivity contribution in [2.75, 3.05) is 0 Å². The van der Waals surface area contributed by atoms with Gasteiger partial charge < -0.3 is 0 Å². The van der Waals surface area contributed by atoms with Gasteiger partial charge in [-0.25, -0.2) is 0 Å². The van der Waals surface area contributed by atoms with Crippen molar-refractivity contribution < 1.29 is 0 Å². The van der Waals surface area contributed by atoms with E-state index in [4.69, 9.17) is 0 Å². The molecule has 0 aromatic heterocycles. The first kappa shape index (κ1) is 29.1. The molecule has 0 heterocycles. The van der Waals surface area contributed by atoms with E-state index in [1.54, 1.807) is 0 Å². The SMILES string of the molecule is Cc1ccc(/C(=C/S[Si](C(C)C)(C(C)C)C(C)C)S[Si](C(C)C)(C(C)C)C(C)C)cc1. The standard InChI is InChI=1S/C27H50S2Si2/c1-19(2)30(20(3)4,21(5)6)28-18-27(26-16-14-25(13)15-17-26)29-31(22(7)8,23(9)10)24(11)12/h14-24H,1-13H3/b27-18-. The van der Waals surface area contributed by atoms with Gasteiger partial charge in [0.1, 0.15) is 14.4 Å². The molecule has 0 unspecified atom stereocenters. The molecule has 0 aliphatic heterocycles. The van der Waals surface area contributed by atoms with Crippen molar-refractivity contribution in [2.24, 2.45) is 0 Å². The van der Waals surface area contributed by atoms with Crippen molar-refractivity contribution in [3.05, 3.63) is 40.8 Å². The highest BCUT2D eigenvalue weighted by molar-refractivity contribution is 8.37. The summed E-state index contributed by atoms with van der Waals surface area (Å²) in [5, 5.41) is 2.62. The summed E-state index contributed by atoms with van der Waals surface area (Å²) in [5.74, 6) is 0. The maximum Gasteiger partial charge on any atom is 0.131 e. The lowest BCUT2D eigenvalue weighted by Gasteiger charge is -2.44. The number of benzene rings is 1. The van der Waals surface area contributed by atoms with Crippen molar-refractivity contribution in [3.63, 3.8) is 0 Å². The molecule has 0 radical (unpaired) electrons. The van der Waals surface area contributed by atoms with Gasteiger partial charge in [0.05, 0.1) is 0 Å². The molecule has 0 saturated heterocycles. The van der Waals surface area contributed by atoms with Crippen LogP contribution in [0.1, 0.15) is 94.2 Å². The van der Waals surface area contributed by atoms with E-state index in [9.17, 15) is 0 Å². The molecule has 0 atom stereocenters. The topological polar surface area (TPSA) is 0 Å². The highest BCUT2D eigenvalue weighted by Crippen LogP contribution is 2.56. The highest BCUT2D eigenvalue weighted by Gasteiger charge is 2.46. The van der Waals surface area contributed by atoms with Gasteiger partial charge in [-0.2, -0.15) is 11.2 Å². The Kier molecular flexibility index (Phi) is 11.3. The molecule has 0 N–H and O–H groups in total. The van der Waals surface area contributed by atoms with Crippen LogP contribution in [0, 0.1) is 6.92 Å². The predicted molar refractivity (Wildman–Crippen MR) is 156 cm³/mol. The summed E-state index contributed by atoms with van der Waals surface area (Å²) in [5.41, 5.74) is 7.30. The second-order valence-corrected chi connectivity index (χ2v) is 28.2. The van der Waals surface area contributed by atoms with Crippen LogP contribution < -0.4 is 0 Å². The smallest absolute Gasteiger partial charge is 0.131 e. The van der Waals surface area contributed by atoms with Crippen LogP contribution in [0.4, 0.5) is 0 Å². The predicted octanol–water partition coefficient (Wildman–Crippen LogP) is 11.1. The Hall–Kier alpha value is 0.0938. The molecular formula is C27H50S2Si2. The van der Waals surface area contributed by atoms with Gasteiger partial charge in [0.25, 0.3) is 0 Å². The first-order chi connectivity index (χ1) is 14.2. The molecule has 0 aliphatic carbocycles. The van der Waals surface area contributed by atoms with Crippen molar-refractivity contribution >= 4 is 41.8 Å². The molecule has 0 nitrogen and oxygen atoms in total. The highest BCUT2D eigenvalue weighted by atomic mass is 32.4. The van der Waals surface area contributed by atoms with Crippen LogP contribution in [0.15, 0.2) is 29.7 Å². The molecule has 1 rings (SSSR count). The van der Waals surface area contributed by atoms with Gasteiger partial charge in [-0.3, -0.25) is 0 Å². The molecule has 1 aromatic carbocycles. The van der Waals surface area contributed by atoms with E-state index in [1.165, 1.54) is 16.0 Å². The lowest BCUT2D eigenvalue weighted by molar-refractivity contribution is 0.851. The van der Waals surface area contributed by atoms with Crippen LogP contribution >= 0.6 is 22.4 Å². The summed E-state index contributed by atoms with van der Waals surface area (Å²) < 4.78 is 0. The Labute approximate surface area is 205 Å². The molecule has 0 fully saturated rings. The lowest BCUT2D eigenvalue weighted by Crippen LogP contribution is -2.41. The Balaban J connectivity index is 3.63. The zero-order chi connectivity index (χ0) is 24.1. The van der Waals surface area contributed by atoms with E-state index < -0.39 is 14.4 Å². The van der Waals surface area contributed by atoms with Crippen LogP contribution in [-0.4, -0.2) is 14.4 Å². The molecule has 178 valence electrons. The molecule has 0 spiro atoms. The van der Waals surface area contributed by atoms with Gasteiger partial charge in [-0.15, -0.1) is 11.2 Å². The van der Waals surface area contributed by atoms with Crippen LogP contribution in [0.5, 0.6) is 0 Å². The molecule has 0 saturated carbocycles. The third-order valence-corrected chi connectivity index (χ3v) is 31.9. The Morgan fingerprint density at radius 2 is 0.968 bits per heavy atom. The Morgan fingerprint density at radius 3 is 1.29 bits per heavy atom. The first-order valence-corrected chi connectivity index (χ1v) is 20.0. The first-order valence-electron chi connectivity index (χ1n) is 12.4. The second-order valence-electron chi connectivity index (χ2n) is 11.2. The van der Waals surface area contributed by atoms with Crippen molar-refractivity contribution in [3.8, 4) is 0 Å². The van der Waals surface area contributed by atoms with E-state index in [0.29, 0.717) is 0 Å². The van der Waals surface area contributed by atoms with Gasteiger partial charge in [0, 0.05) is 4.91 Å². The molecule has 0 aliphatic rings. The molecule has 31 heavy (non-hydrogen) atoms. The number of hydrogen-bond donors (Lipinski definition) is 0. The van der Waals surface area contributed by atoms with Crippen LogP contribution in [0.3, 0.4) is 0 Å². The average Bonchev–Trinajstić information content (AvgIpc) is 2.63. The largest absolute Gasteiger partial charge is 0.157 e. The lowest BCUT2D eigenvalue weighted by atomic mass is 10.1. The quantitative estimate of drug-likeness (QED) is 0.280. The van der Waals surface area contributed by atoms with E-state index >= 15 is 0 Å². The summed E-state index contributed by atoms with van der Waals surface area (Å²) >= 11 is 4.55. The monoisotopic (exact) mass is 494 g/mol. The fraction of sp³-hybridized carbons (Fsp3) is 0.704. The molecule has 4 heteroatoms. The van der Waals surface area contributed by atoms with Gasteiger partial charge in [0.2, 0.25) is 0 Å². The fourth-order valence-electron chi connectivity index (χ4n) is 5.98. The van der Waals surface area contributed by atoms with Crippen LogP contribution in [0.2, 0.25) is 33.2 Å². The van der Waals surface area contributed by atoms with Gasteiger partial charge in [-0.1, -0.05) is 113 Å². The van der Waals surface area contributed by atoms with Gasteiger partial charge in [0.15, 0.2) is 0 Å². The minimum Gasteiger partial charge on any atom is -0.157 e. The van der Waals surface area contributed by atoms with E-state index in [0.717, 1.165) is 33.2 Å². The van der Waals surface area contributed by atoms with E-state index in [1.807, 2.05) is 0 Å². The van der Waals surface area contributed by atoms with Crippen molar-refractivity contribution in [2.45, 2.75) is 123 Å². The van der Waals surface area contributed by atoms with Crippen LogP contribution in [-0.2, 0) is 0 Å². The molecular weight excluding hydrogens is 445 g/mol. The minimum absolute atomic E-state index is 0.749. The summed E-state index contributed by atoms with van der Waals surface area (Å²) in [6.07, 6.45) is 0. The Morgan fingerprint density at radius 1 is 0.613 bits per heavy atom. The van der Waals surface area contributed by atoms with Gasteiger partial charge in [-0.05, 0) is 51.1 Å². The summed E-state index contributed by atoms with van der Waals surface area (Å²) in [7, 11) is -3.16. The zero-order valence-corrected chi connectivity index (χ0v) is 26.3. The third kappa shape index (κ3) is 6.36. The summed E-state index contributed by atoms with van der Waals surface area (Å²) in [6.45, 7) is 31.9. The molecule has 1 aromatic rings. The minimum atomic E-state index is -1.61. The van der Waals surface area contributed by atoms with Crippen molar-refractivity contribution in [1.82, 2.24) is 0 Å². The van der Waals surface area contributed by atoms with Crippen molar-refractivity contribution in [1.29, 1.82) is 0 Å². The normalized spacial score (nSPS) is 14.2. The fourth-order valence-corrected chi connectivity index (χ4v) is 24.6. The number of aryl methyl sites for hydroxylation is 1. The molecule has 0 amide bonds. The number of rotatable bonds is 11. The summed E-state index contributed by atoms with van der Waals surface area (Å²) in [4.78, 5) is 1.53. The van der Waals surface area contributed by atoms with E-state index in [-0.39, 0.29) is 0 Å². The number of hydrogen-bond acceptors (Lipinski definition) is 2. The Bertz CT molecular complexity index is 657. The van der Waals surface area contributed by atoms with Gasteiger partial charge >= 0.3 is 0 Å². The van der Waals surface area contributed by atoms with E-state index in [2.05, 4.69) is 142 Å². The molecule has 0 bridgehead atoms. The maximum atomic E-state index is 2.62. The third-order valence-electron chi connectivity index (χ3n) is 7.41. The average molecular weight is 495 g/mol. The maximum absolute atomic E-state index is 2.62. The van der Waals surface area contributed by atoms with Crippen LogP contribution in [0.25, 0.3) is 4.91 Å². The second kappa shape index (κ2) is 12.0. The zero-order valence-electron chi connectivity index (χ0n) is 22.7.